The van der Waals surface area contributed by atoms with E-state index in [1.807, 2.05) is 6.92 Å². The standard InChI is InChI=1S/C27H37F2N5O4/c1-2-38-18-17-34(15-4-3-8-20-11-10-19-7-5-14-31-25(19)32-20)16-12-22(27(36)37)33-26(35)21-9-6-13-30-23(21)24(28)29/h6,9-11,13,22,24H,2-5,7-8,12,14-18H2,1H3,(H,31,32)(H,33,35)(H,36,37)/t22-/m0/s1. The molecule has 0 bridgehead atoms. The molecule has 1 aliphatic rings. The zero-order valence-corrected chi connectivity index (χ0v) is 21.8. The Labute approximate surface area is 222 Å². The van der Waals surface area contributed by atoms with E-state index in [0.29, 0.717) is 26.3 Å². The highest BCUT2D eigenvalue weighted by molar-refractivity contribution is 5.97. The SMILES string of the molecule is CCOCCN(CCCCc1ccc2c(n1)NCCC2)CC[C@H](NC(=O)c1cccnc1C(F)F)C(=O)O. The zero-order chi connectivity index (χ0) is 27.3. The molecule has 0 saturated carbocycles. The van der Waals surface area contributed by atoms with Crippen LogP contribution in [0.15, 0.2) is 30.5 Å². The number of pyridine rings is 2. The number of fused-ring (bicyclic) bond motifs is 1. The predicted molar refractivity (Wildman–Crippen MR) is 140 cm³/mol. The Morgan fingerprint density at radius 2 is 2.05 bits per heavy atom. The third-order valence-electron chi connectivity index (χ3n) is 6.49. The second kappa shape index (κ2) is 15.3. The van der Waals surface area contributed by atoms with Gasteiger partial charge in [0.25, 0.3) is 12.3 Å². The van der Waals surface area contributed by atoms with Crippen LogP contribution in [0, 0.1) is 0 Å². The van der Waals surface area contributed by atoms with Crippen LogP contribution in [0.1, 0.15) is 66.3 Å². The molecule has 2 aromatic rings. The van der Waals surface area contributed by atoms with E-state index < -0.39 is 30.0 Å². The number of amides is 1. The van der Waals surface area contributed by atoms with Crippen molar-refractivity contribution in [2.75, 3.05) is 44.7 Å². The number of aromatic nitrogens is 2. The summed E-state index contributed by atoms with van der Waals surface area (Å²) in [4.78, 5) is 34.8. The van der Waals surface area contributed by atoms with Crippen LogP contribution < -0.4 is 10.6 Å². The highest BCUT2D eigenvalue weighted by Crippen LogP contribution is 2.21. The van der Waals surface area contributed by atoms with Gasteiger partial charge in [0.15, 0.2) is 0 Å². The normalized spacial score (nSPS) is 13.7. The van der Waals surface area contributed by atoms with Crippen LogP contribution in [0.5, 0.6) is 0 Å². The van der Waals surface area contributed by atoms with Crippen molar-refractivity contribution in [1.82, 2.24) is 20.2 Å². The van der Waals surface area contributed by atoms with Crippen LogP contribution in [0.3, 0.4) is 0 Å². The van der Waals surface area contributed by atoms with E-state index in [1.54, 1.807) is 0 Å². The molecule has 0 aromatic carbocycles. The number of carbonyl (C=O) groups is 2. The second-order valence-corrected chi connectivity index (χ2v) is 9.23. The van der Waals surface area contributed by atoms with Gasteiger partial charge in [0.05, 0.1) is 12.2 Å². The first kappa shape index (κ1) is 29.4. The Morgan fingerprint density at radius 3 is 2.82 bits per heavy atom. The third kappa shape index (κ3) is 8.98. The summed E-state index contributed by atoms with van der Waals surface area (Å²) in [6, 6.07) is 5.58. The molecule has 1 amide bonds. The van der Waals surface area contributed by atoms with E-state index in [1.165, 1.54) is 23.9 Å². The Kier molecular flexibility index (Phi) is 11.8. The quantitative estimate of drug-likeness (QED) is 0.280. The van der Waals surface area contributed by atoms with Crippen molar-refractivity contribution in [1.29, 1.82) is 0 Å². The minimum Gasteiger partial charge on any atom is -0.480 e. The van der Waals surface area contributed by atoms with Gasteiger partial charge in [-0.2, -0.15) is 0 Å². The largest absolute Gasteiger partial charge is 0.480 e. The van der Waals surface area contributed by atoms with E-state index in [-0.39, 0.29) is 12.0 Å². The number of nitrogens with zero attached hydrogens (tertiary/aromatic N) is 3. The molecule has 0 radical (unpaired) electrons. The maximum atomic E-state index is 13.2. The fraction of sp³-hybridized carbons (Fsp3) is 0.556. The van der Waals surface area contributed by atoms with E-state index >= 15 is 0 Å². The summed E-state index contributed by atoms with van der Waals surface area (Å²) >= 11 is 0. The molecule has 3 heterocycles. The molecule has 0 saturated heterocycles. The summed E-state index contributed by atoms with van der Waals surface area (Å²) in [6.07, 6.45) is 3.18. The van der Waals surface area contributed by atoms with Crippen LogP contribution in [0.2, 0.25) is 0 Å². The first-order valence-corrected chi connectivity index (χ1v) is 13.2. The minimum absolute atomic E-state index is 0.121. The Hall–Kier alpha value is -3.18. The van der Waals surface area contributed by atoms with Gasteiger partial charge in [-0.25, -0.2) is 18.6 Å². The molecular weight excluding hydrogens is 496 g/mol. The molecule has 0 unspecified atom stereocenters. The van der Waals surface area contributed by atoms with Crippen LogP contribution >= 0.6 is 0 Å². The Bertz CT molecular complexity index is 1060. The van der Waals surface area contributed by atoms with Crippen molar-refractivity contribution in [3.63, 3.8) is 0 Å². The zero-order valence-electron chi connectivity index (χ0n) is 21.8. The molecule has 9 nitrogen and oxygen atoms in total. The number of anilines is 1. The molecule has 11 heteroatoms. The van der Waals surface area contributed by atoms with Crippen LogP contribution in [0.4, 0.5) is 14.6 Å². The first-order chi connectivity index (χ1) is 18.4. The van der Waals surface area contributed by atoms with Crippen molar-refractivity contribution in [3.8, 4) is 0 Å². The molecule has 1 aliphatic heterocycles. The smallest absolute Gasteiger partial charge is 0.326 e. The summed E-state index contributed by atoms with van der Waals surface area (Å²) in [7, 11) is 0. The van der Waals surface area contributed by atoms with Gasteiger partial charge >= 0.3 is 5.97 Å². The molecule has 208 valence electrons. The molecule has 3 N–H and O–H groups in total. The molecule has 1 atom stereocenters. The first-order valence-electron chi connectivity index (χ1n) is 13.2. The maximum Gasteiger partial charge on any atom is 0.326 e. The lowest BCUT2D eigenvalue weighted by molar-refractivity contribution is -0.139. The highest BCUT2D eigenvalue weighted by atomic mass is 19.3. The molecular formula is C27H37F2N5O4. The number of aryl methyl sites for hydroxylation is 2. The van der Waals surface area contributed by atoms with E-state index in [2.05, 4.69) is 32.7 Å². The van der Waals surface area contributed by atoms with Crippen LogP contribution in [0.25, 0.3) is 0 Å². The number of ether oxygens (including phenoxy) is 1. The van der Waals surface area contributed by atoms with Crippen LogP contribution in [-0.4, -0.2) is 77.3 Å². The number of halogens is 2. The minimum atomic E-state index is -2.94. The van der Waals surface area contributed by atoms with Crippen molar-refractivity contribution in [2.24, 2.45) is 0 Å². The predicted octanol–water partition coefficient (Wildman–Crippen LogP) is 3.71. The third-order valence-corrected chi connectivity index (χ3v) is 6.49. The fourth-order valence-electron chi connectivity index (χ4n) is 4.41. The number of carboxylic acids is 1. The highest BCUT2D eigenvalue weighted by Gasteiger charge is 2.25. The average molecular weight is 534 g/mol. The lowest BCUT2D eigenvalue weighted by atomic mass is 10.1. The molecule has 3 rings (SSSR count). The van der Waals surface area contributed by atoms with Gasteiger partial charge in [-0.3, -0.25) is 9.78 Å². The number of nitrogens with one attached hydrogen (secondary N) is 2. The van der Waals surface area contributed by atoms with Crippen molar-refractivity contribution in [2.45, 2.75) is 57.9 Å². The summed E-state index contributed by atoms with van der Waals surface area (Å²) < 4.78 is 31.9. The van der Waals surface area contributed by atoms with Gasteiger partial charge in [-0.1, -0.05) is 6.07 Å². The number of aliphatic carboxylic acids is 1. The average Bonchev–Trinajstić information content (AvgIpc) is 2.92. The number of alkyl halides is 2. The number of hydrogen-bond acceptors (Lipinski definition) is 7. The number of carboxylic acid groups (broad SMARTS) is 1. The monoisotopic (exact) mass is 533 g/mol. The second-order valence-electron chi connectivity index (χ2n) is 9.23. The van der Waals surface area contributed by atoms with Gasteiger partial charge in [-0.15, -0.1) is 0 Å². The summed E-state index contributed by atoms with van der Waals surface area (Å²) in [5.74, 6) is -1.12. The van der Waals surface area contributed by atoms with Gasteiger partial charge in [-0.05, 0) is 75.8 Å². The Morgan fingerprint density at radius 1 is 1.21 bits per heavy atom. The van der Waals surface area contributed by atoms with Crippen molar-refractivity contribution in [3.05, 3.63) is 53.0 Å². The lowest BCUT2D eigenvalue weighted by Crippen LogP contribution is -2.44. The summed E-state index contributed by atoms with van der Waals surface area (Å²) in [5.41, 5.74) is 1.31. The number of carbonyl (C=O) groups excluding carboxylic acids is 1. The number of hydrogen-bond donors (Lipinski definition) is 3. The molecule has 38 heavy (non-hydrogen) atoms. The van der Waals surface area contributed by atoms with E-state index in [0.717, 1.165) is 56.7 Å². The van der Waals surface area contributed by atoms with Crippen molar-refractivity contribution < 1.29 is 28.2 Å². The number of unbranched alkanes of at least 4 members (excludes halogenated alkanes) is 1. The van der Waals surface area contributed by atoms with Crippen molar-refractivity contribution >= 4 is 17.7 Å². The molecule has 2 aromatic heterocycles. The van der Waals surface area contributed by atoms with Crippen LogP contribution in [-0.2, 0) is 22.4 Å². The molecule has 0 fully saturated rings. The Balaban J connectivity index is 1.52. The van der Waals surface area contributed by atoms with Gasteiger partial charge in [0.1, 0.15) is 17.6 Å². The maximum absolute atomic E-state index is 13.2. The van der Waals surface area contributed by atoms with E-state index in [9.17, 15) is 23.5 Å². The summed E-state index contributed by atoms with van der Waals surface area (Å²) in [5, 5.41) is 15.4. The van der Waals surface area contributed by atoms with Gasteiger partial charge in [0, 0.05) is 38.1 Å². The molecule has 0 spiro atoms. The van der Waals surface area contributed by atoms with E-state index in [4.69, 9.17) is 9.72 Å². The topological polar surface area (TPSA) is 117 Å². The summed E-state index contributed by atoms with van der Waals surface area (Å²) in [6.45, 7) is 5.70. The molecule has 0 aliphatic carbocycles. The number of rotatable bonds is 16. The van der Waals surface area contributed by atoms with Gasteiger partial charge < -0.3 is 25.4 Å². The van der Waals surface area contributed by atoms with Gasteiger partial charge in [0.2, 0.25) is 0 Å². The fourth-order valence-corrected chi connectivity index (χ4v) is 4.41. The lowest BCUT2D eigenvalue weighted by Gasteiger charge is -2.24.